The fourth-order valence-electron chi connectivity index (χ4n) is 3.90. The van der Waals surface area contributed by atoms with E-state index in [0.29, 0.717) is 11.4 Å². The van der Waals surface area contributed by atoms with Crippen LogP contribution in [-0.2, 0) is 9.47 Å². The first-order valence-corrected chi connectivity index (χ1v) is 12.4. The van der Waals surface area contributed by atoms with Gasteiger partial charge in [0.05, 0.1) is 50.1 Å². The summed E-state index contributed by atoms with van der Waals surface area (Å²) in [4.78, 5) is 0. The topological polar surface area (TPSA) is 209 Å². The van der Waals surface area contributed by atoms with Crippen LogP contribution in [0.5, 0.6) is 0 Å². The van der Waals surface area contributed by atoms with Gasteiger partial charge in [-0.25, -0.2) is 0 Å². The fourth-order valence-corrected chi connectivity index (χ4v) is 3.90. The first-order valence-electron chi connectivity index (χ1n) is 12.4. The summed E-state index contributed by atoms with van der Waals surface area (Å²) in [6, 6.07) is 18.0. The fraction of sp³-hybridized carbons (Fsp3) is 0.462. The van der Waals surface area contributed by atoms with Crippen molar-refractivity contribution in [1.29, 1.82) is 0 Å². The number of nitrogens with one attached hydrogen (secondary N) is 2. The second-order valence-corrected chi connectivity index (χ2v) is 9.01. The molecule has 0 aromatic heterocycles. The van der Waals surface area contributed by atoms with Crippen LogP contribution < -0.4 is 10.9 Å². The van der Waals surface area contributed by atoms with Crippen LogP contribution in [0.15, 0.2) is 70.9 Å². The summed E-state index contributed by atoms with van der Waals surface area (Å²) in [6.07, 6.45) is -8.41. The Morgan fingerprint density at radius 1 is 0.872 bits per heavy atom. The SMILES string of the molecule is OCC(O)C(COCC1OC(CO)C(O)C(O)C1O)C(O)C(C=NNc1ccccc1)=NNc1ccccc1. The summed E-state index contributed by atoms with van der Waals surface area (Å²) in [6.45, 7) is -1.90. The second-order valence-electron chi connectivity index (χ2n) is 9.01. The largest absolute Gasteiger partial charge is 0.394 e. The first kappa shape index (κ1) is 30.6. The predicted octanol–water partition coefficient (Wildman–Crippen LogP) is -1.26. The van der Waals surface area contributed by atoms with E-state index in [0.717, 1.165) is 0 Å². The number of hydrogen-bond acceptors (Lipinski definition) is 13. The Morgan fingerprint density at radius 2 is 1.46 bits per heavy atom. The van der Waals surface area contributed by atoms with E-state index < -0.39 is 61.9 Å². The molecular weight excluding hydrogens is 512 g/mol. The highest BCUT2D eigenvalue weighted by Gasteiger charge is 2.43. The first-order chi connectivity index (χ1) is 18.8. The third kappa shape index (κ3) is 8.76. The Bertz CT molecular complexity index is 1030. The number of ether oxygens (including phenoxy) is 2. The summed E-state index contributed by atoms with van der Waals surface area (Å²) >= 11 is 0. The van der Waals surface area contributed by atoms with Crippen molar-refractivity contribution in [2.24, 2.45) is 16.1 Å². The summed E-state index contributed by atoms with van der Waals surface area (Å²) in [7, 11) is 0. The van der Waals surface area contributed by atoms with Gasteiger partial charge in [0.15, 0.2) is 0 Å². The van der Waals surface area contributed by atoms with Crippen LogP contribution in [-0.4, -0.2) is 117 Å². The highest BCUT2D eigenvalue weighted by molar-refractivity contribution is 6.32. The Hall–Kier alpha value is -2.98. The maximum atomic E-state index is 11.2. The molecule has 214 valence electrons. The maximum Gasteiger partial charge on any atom is 0.111 e. The Labute approximate surface area is 225 Å². The molecule has 8 atom stereocenters. The molecule has 1 heterocycles. The molecule has 2 aromatic carbocycles. The van der Waals surface area contributed by atoms with E-state index in [1.807, 2.05) is 24.3 Å². The van der Waals surface area contributed by atoms with Crippen molar-refractivity contribution in [1.82, 2.24) is 0 Å². The van der Waals surface area contributed by atoms with E-state index in [2.05, 4.69) is 21.1 Å². The molecule has 0 aliphatic carbocycles. The van der Waals surface area contributed by atoms with Gasteiger partial charge in [0.2, 0.25) is 0 Å². The van der Waals surface area contributed by atoms with Crippen LogP contribution in [0.3, 0.4) is 0 Å². The number of hydrogen-bond donors (Lipinski definition) is 9. The number of rotatable bonds is 14. The van der Waals surface area contributed by atoms with Crippen LogP contribution >= 0.6 is 0 Å². The van der Waals surface area contributed by atoms with Gasteiger partial charge in [-0.05, 0) is 24.3 Å². The second kappa shape index (κ2) is 15.6. The van der Waals surface area contributed by atoms with Gasteiger partial charge in [0.1, 0.15) is 42.3 Å². The van der Waals surface area contributed by atoms with E-state index in [9.17, 15) is 35.7 Å². The summed E-state index contributed by atoms with van der Waals surface area (Å²) in [5.74, 6) is -1.10. The Morgan fingerprint density at radius 3 is 2.05 bits per heavy atom. The predicted molar refractivity (Wildman–Crippen MR) is 143 cm³/mol. The lowest BCUT2D eigenvalue weighted by atomic mass is 9.93. The third-order valence-electron chi connectivity index (χ3n) is 6.23. The number of benzene rings is 2. The summed E-state index contributed by atoms with van der Waals surface area (Å²) < 4.78 is 11.0. The molecule has 0 amide bonds. The molecule has 1 aliphatic heterocycles. The molecule has 3 rings (SSSR count). The zero-order valence-corrected chi connectivity index (χ0v) is 21.1. The van der Waals surface area contributed by atoms with Crippen molar-refractivity contribution in [3.8, 4) is 0 Å². The Kier molecular flexibility index (Phi) is 12.2. The number of para-hydroxylation sites is 2. The van der Waals surface area contributed by atoms with Gasteiger partial charge in [-0.2, -0.15) is 10.2 Å². The maximum absolute atomic E-state index is 11.2. The smallest absolute Gasteiger partial charge is 0.111 e. The van der Waals surface area contributed by atoms with Gasteiger partial charge in [-0.1, -0.05) is 36.4 Å². The zero-order chi connectivity index (χ0) is 28.2. The van der Waals surface area contributed by atoms with Gasteiger partial charge in [-0.15, -0.1) is 0 Å². The molecule has 0 bridgehead atoms. The normalized spacial score (nSPS) is 26.2. The standard InChI is InChI=1S/C26H36N4O9/c31-12-20(33)18(14-38-15-22-25(36)26(37)24(35)21(13-32)39-22)23(34)19(30-29-17-9-5-2-6-10-17)11-27-28-16-7-3-1-4-8-16/h1-11,18,20-26,28-29,31-37H,12-15H2. The van der Waals surface area contributed by atoms with Crippen LogP contribution in [0, 0.1) is 5.92 Å². The molecule has 1 fully saturated rings. The monoisotopic (exact) mass is 548 g/mol. The highest BCUT2D eigenvalue weighted by atomic mass is 16.6. The summed E-state index contributed by atoms with van der Waals surface area (Å²) in [5.41, 5.74) is 6.96. The average molecular weight is 549 g/mol. The van der Waals surface area contributed by atoms with Crippen LogP contribution in [0.2, 0.25) is 0 Å². The van der Waals surface area contributed by atoms with Crippen molar-refractivity contribution in [2.75, 3.05) is 37.3 Å². The molecule has 2 aromatic rings. The molecule has 1 saturated heterocycles. The number of aliphatic hydroxyl groups is 7. The minimum Gasteiger partial charge on any atom is -0.394 e. The molecule has 39 heavy (non-hydrogen) atoms. The quantitative estimate of drug-likeness (QED) is 0.101. The lowest BCUT2D eigenvalue weighted by Gasteiger charge is -2.40. The van der Waals surface area contributed by atoms with Crippen LogP contribution in [0.4, 0.5) is 11.4 Å². The number of anilines is 2. The third-order valence-corrected chi connectivity index (χ3v) is 6.23. The average Bonchev–Trinajstić information content (AvgIpc) is 2.97. The van der Waals surface area contributed by atoms with Gasteiger partial charge in [-0.3, -0.25) is 10.9 Å². The number of hydrazone groups is 2. The molecule has 9 N–H and O–H groups in total. The van der Waals surface area contributed by atoms with Crippen LogP contribution in [0.25, 0.3) is 0 Å². The number of aliphatic hydroxyl groups excluding tert-OH is 7. The molecule has 8 unspecified atom stereocenters. The van der Waals surface area contributed by atoms with Crippen molar-refractivity contribution in [3.63, 3.8) is 0 Å². The van der Waals surface area contributed by atoms with Gasteiger partial charge in [0, 0.05) is 5.92 Å². The lowest BCUT2D eigenvalue weighted by molar-refractivity contribution is -0.240. The molecular formula is C26H36N4O9. The van der Waals surface area contributed by atoms with Gasteiger partial charge in [0.25, 0.3) is 0 Å². The molecule has 1 aliphatic rings. The van der Waals surface area contributed by atoms with Gasteiger partial charge < -0.3 is 45.2 Å². The van der Waals surface area contributed by atoms with E-state index in [1.165, 1.54) is 6.21 Å². The molecule has 0 radical (unpaired) electrons. The highest BCUT2D eigenvalue weighted by Crippen LogP contribution is 2.22. The van der Waals surface area contributed by atoms with Crippen molar-refractivity contribution in [3.05, 3.63) is 60.7 Å². The minimum absolute atomic E-state index is 0.0104. The van der Waals surface area contributed by atoms with E-state index in [4.69, 9.17) is 9.47 Å². The minimum atomic E-state index is -1.56. The Balaban J connectivity index is 1.72. The molecule has 13 nitrogen and oxygen atoms in total. The number of nitrogens with zero attached hydrogens (tertiary/aromatic N) is 2. The zero-order valence-electron chi connectivity index (χ0n) is 21.1. The van der Waals surface area contributed by atoms with Crippen molar-refractivity contribution < 1.29 is 45.2 Å². The van der Waals surface area contributed by atoms with Crippen molar-refractivity contribution in [2.45, 2.75) is 42.7 Å². The van der Waals surface area contributed by atoms with Gasteiger partial charge >= 0.3 is 0 Å². The summed E-state index contributed by atoms with van der Waals surface area (Å²) in [5, 5.41) is 79.1. The van der Waals surface area contributed by atoms with E-state index in [1.54, 1.807) is 36.4 Å². The van der Waals surface area contributed by atoms with Crippen molar-refractivity contribution >= 4 is 23.3 Å². The molecule has 0 saturated carbocycles. The molecule has 0 spiro atoms. The van der Waals surface area contributed by atoms with Crippen LogP contribution in [0.1, 0.15) is 0 Å². The van der Waals surface area contributed by atoms with E-state index in [-0.39, 0.29) is 18.9 Å². The van der Waals surface area contributed by atoms with E-state index >= 15 is 0 Å². The lowest BCUT2D eigenvalue weighted by Crippen LogP contribution is -2.59. The molecule has 13 heteroatoms.